The Hall–Kier alpha value is -2.21. The van der Waals surface area contributed by atoms with Crippen LogP contribution < -0.4 is 4.74 Å². The van der Waals surface area contributed by atoms with Gasteiger partial charge in [0.2, 0.25) is 0 Å². The highest BCUT2D eigenvalue weighted by molar-refractivity contribution is 6.74. The van der Waals surface area contributed by atoms with Crippen molar-refractivity contribution < 1.29 is 32.7 Å². The molecular formula is C40H64O7Si2. The van der Waals surface area contributed by atoms with Crippen LogP contribution in [0.1, 0.15) is 94.4 Å². The Morgan fingerprint density at radius 3 is 2.10 bits per heavy atom. The molecule has 1 aromatic rings. The minimum Gasteiger partial charge on any atom is -0.476 e. The van der Waals surface area contributed by atoms with Crippen molar-refractivity contribution in [2.24, 2.45) is 17.8 Å². The maximum absolute atomic E-state index is 13.9. The molecular weight excluding hydrogens is 649 g/mol. The zero-order valence-electron chi connectivity index (χ0n) is 32.6. The first-order valence-electron chi connectivity index (χ1n) is 18.4. The molecule has 1 fully saturated rings. The summed E-state index contributed by atoms with van der Waals surface area (Å²) in [5, 5.41) is 0.111. The van der Waals surface area contributed by atoms with Gasteiger partial charge in [-0.1, -0.05) is 84.9 Å². The molecule has 1 aliphatic heterocycles. The number of hydrogen-bond acceptors (Lipinski definition) is 7. The predicted octanol–water partition coefficient (Wildman–Crippen LogP) is 9.79. The van der Waals surface area contributed by atoms with E-state index in [0.717, 1.165) is 18.4 Å². The number of allylic oxidation sites excluding steroid dienone is 2. The highest BCUT2D eigenvalue weighted by Gasteiger charge is 2.48. The first-order valence-corrected chi connectivity index (χ1v) is 24.2. The molecule has 0 bridgehead atoms. The molecule has 1 saturated heterocycles. The number of esters is 2. The van der Waals surface area contributed by atoms with E-state index in [1.807, 2.05) is 30.3 Å². The van der Waals surface area contributed by atoms with Gasteiger partial charge in [0.15, 0.2) is 22.2 Å². The Balaban J connectivity index is 1.57. The Kier molecular flexibility index (Phi) is 12.0. The Labute approximate surface area is 298 Å². The van der Waals surface area contributed by atoms with Crippen LogP contribution >= 0.6 is 0 Å². The van der Waals surface area contributed by atoms with Crippen LogP contribution in [-0.4, -0.2) is 58.6 Å². The van der Waals surface area contributed by atoms with Crippen LogP contribution in [0.2, 0.25) is 36.3 Å². The number of hydrogen-bond donors (Lipinski definition) is 0. The van der Waals surface area contributed by atoms with Crippen molar-refractivity contribution in [2.45, 2.75) is 161 Å². The summed E-state index contributed by atoms with van der Waals surface area (Å²) in [4.78, 5) is 26.7. The monoisotopic (exact) mass is 712 g/mol. The topological polar surface area (TPSA) is 80.3 Å². The maximum atomic E-state index is 13.9. The summed E-state index contributed by atoms with van der Waals surface area (Å²) in [5.74, 6) is 0.510. The third kappa shape index (κ3) is 9.77. The molecule has 0 saturated carbocycles. The average molecular weight is 713 g/mol. The van der Waals surface area contributed by atoms with Crippen molar-refractivity contribution >= 4 is 28.6 Å². The second-order valence-corrected chi connectivity index (χ2v) is 27.7. The van der Waals surface area contributed by atoms with E-state index in [4.69, 9.17) is 23.1 Å². The number of ether oxygens (including phenoxy) is 3. The molecule has 1 heterocycles. The molecule has 1 aromatic carbocycles. The van der Waals surface area contributed by atoms with Gasteiger partial charge >= 0.3 is 11.9 Å². The smallest absolute Gasteiger partial charge is 0.350 e. The zero-order valence-corrected chi connectivity index (χ0v) is 34.6. The molecule has 0 aromatic heterocycles. The van der Waals surface area contributed by atoms with Gasteiger partial charge in [-0.05, 0) is 92.5 Å². The van der Waals surface area contributed by atoms with Gasteiger partial charge in [0.1, 0.15) is 18.0 Å². The third-order valence-corrected chi connectivity index (χ3v) is 20.8. The van der Waals surface area contributed by atoms with Crippen molar-refractivity contribution in [2.75, 3.05) is 0 Å². The highest BCUT2D eigenvalue weighted by atomic mass is 28.4. The first-order chi connectivity index (χ1) is 22.5. The lowest BCUT2D eigenvalue weighted by Gasteiger charge is -2.46. The average Bonchev–Trinajstić information content (AvgIpc) is 2.95. The SMILES string of the molecule is C[C@H]1C=CC2=C[C@@H](O[Si](C)(C)C(C)(C)C)C[C@H](OC(=O)C(C)(C)Oc3ccccc3)[C@@H]2[C@H]1CC[C@@H]1C[C@@H](O[Si](C)(C)C(C)(C)C)CC(=O)O1. The summed E-state index contributed by atoms with van der Waals surface area (Å²) in [6.07, 6.45) is 9.11. The van der Waals surface area contributed by atoms with E-state index in [1.54, 1.807) is 13.8 Å². The molecule has 0 radical (unpaired) electrons. The lowest BCUT2D eigenvalue weighted by Crippen LogP contribution is -2.50. The van der Waals surface area contributed by atoms with Gasteiger partial charge in [-0.3, -0.25) is 4.79 Å². The van der Waals surface area contributed by atoms with Crippen molar-refractivity contribution in [1.29, 1.82) is 0 Å². The summed E-state index contributed by atoms with van der Waals surface area (Å²) < 4.78 is 32.2. The predicted molar refractivity (Wildman–Crippen MR) is 202 cm³/mol. The van der Waals surface area contributed by atoms with Gasteiger partial charge in [0.25, 0.3) is 0 Å². The van der Waals surface area contributed by atoms with Crippen LogP contribution in [0.25, 0.3) is 0 Å². The normalized spacial score (nSPS) is 28.3. The van der Waals surface area contributed by atoms with Crippen LogP contribution in [0, 0.1) is 17.8 Å². The molecule has 3 aliphatic rings. The summed E-state index contributed by atoms with van der Waals surface area (Å²) in [5.41, 5.74) is -0.0167. The molecule has 0 amide bonds. The van der Waals surface area contributed by atoms with Crippen LogP contribution in [-0.2, 0) is 27.9 Å². The highest BCUT2D eigenvalue weighted by Crippen LogP contribution is 2.47. The Morgan fingerprint density at radius 1 is 0.878 bits per heavy atom. The van der Waals surface area contributed by atoms with Gasteiger partial charge in [-0.25, -0.2) is 4.79 Å². The number of para-hydroxylation sites is 1. The molecule has 7 nitrogen and oxygen atoms in total. The fourth-order valence-electron chi connectivity index (χ4n) is 6.79. The van der Waals surface area contributed by atoms with Crippen LogP contribution in [0.3, 0.4) is 0 Å². The lowest BCUT2D eigenvalue weighted by molar-refractivity contribution is -0.171. The summed E-state index contributed by atoms with van der Waals surface area (Å²) in [6.45, 7) is 28.2. The first kappa shape index (κ1) is 39.6. The number of carbonyl (C=O) groups excluding carboxylic acids is 2. The van der Waals surface area contributed by atoms with Crippen LogP contribution in [0.5, 0.6) is 5.75 Å². The van der Waals surface area contributed by atoms with E-state index in [9.17, 15) is 9.59 Å². The third-order valence-electron chi connectivity index (χ3n) is 11.8. The van der Waals surface area contributed by atoms with Crippen molar-refractivity contribution in [1.82, 2.24) is 0 Å². The zero-order chi connectivity index (χ0) is 36.6. The fourth-order valence-corrected chi connectivity index (χ4v) is 9.44. The minimum absolute atomic E-state index is 0.00527. The number of rotatable bonds is 11. The number of benzene rings is 1. The number of cyclic esters (lactones) is 1. The largest absolute Gasteiger partial charge is 0.476 e. The summed E-state index contributed by atoms with van der Waals surface area (Å²) in [7, 11) is -4.14. The Morgan fingerprint density at radius 2 is 1.49 bits per heavy atom. The maximum Gasteiger partial charge on any atom is 0.350 e. The second-order valence-electron chi connectivity index (χ2n) is 18.2. The van der Waals surface area contributed by atoms with Crippen molar-refractivity contribution in [3.05, 3.63) is 54.1 Å². The molecule has 49 heavy (non-hydrogen) atoms. The van der Waals surface area contributed by atoms with E-state index < -0.39 is 22.2 Å². The fraction of sp³-hybridized carbons (Fsp3) is 0.700. The minimum atomic E-state index is -2.11. The number of fused-ring (bicyclic) bond motifs is 1. The van der Waals surface area contributed by atoms with E-state index in [0.29, 0.717) is 25.0 Å². The van der Waals surface area contributed by atoms with Gasteiger partial charge in [-0.15, -0.1) is 0 Å². The summed E-state index contributed by atoms with van der Waals surface area (Å²) in [6, 6.07) is 9.41. The van der Waals surface area contributed by atoms with Crippen LogP contribution in [0.15, 0.2) is 54.1 Å². The molecule has 4 rings (SSSR count). The number of carbonyl (C=O) groups is 2. The van der Waals surface area contributed by atoms with Gasteiger partial charge < -0.3 is 23.1 Å². The van der Waals surface area contributed by atoms with Gasteiger partial charge in [0.05, 0.1) is 18.6 Å². The quantitative estimate of drug-likeness (QED) is 0.167. The van der Waals surface area contributed by atoms with E-state index in [2.05, 4.69) is 92.9 Å². The van der Waals surface area contributed by atoms with Crippen molar-refractivity contribution in [3.8, 4) is 5.75 Å². The second kappa shape index (κ2) is 14.8. The molecule has 0 unspecified atom stereocenters. The van der Waals surface area contributed by atoms with E-state index in [1.165, 1.54) is 0 Å². The lowest BCUT2D eigenvalue weighted by atomic mass is 9.66. The molecule has 0 spiro atoms. The van der Waals surface area contributed by atoms with Gasteiger partial charge in [-0.2, -0.15) is 0 Å². The molecule has 0 N–H and O–H groups in total. The van der Waals surface area contributed by atoms with Crippen LogP contribution in [0.4, 0.5) is 0 Å². The van der Waals surface area contributed by atoms with E-state index >= 15 is 0 Å². The summed E-state index contributed by atoms with van der Waals surface area (Å²) >= 11 is 0. The van der Waals surface area contributed by atoms with E-state index in [-0.39, 0.29) is 64.2 Å². The standard InChI is InChI=1S/C40H64O7Si2/c1-27-19-20-28-23-31(46-48(10,11)38(2,3)4)25-34(44-37(42)40(8,9)45-29-17-15-14-16-18-29)36(28)33(27)22-21-30-24-32(26-35(41)43-30)47-49(12,13)39(5,6)7/h14-20,23,27,30-34,36H,21-22,24-26H2,1-13H3/t27-,30+,31+,32+,33-,34-,36-/m0/s1. The molecule has 274 valence electrons. The van der Waals surface area contributed by atoms with Crippen molar-refractivity contribution in [3.63, 3.8) is 0 Å². The molecule has 7 atom stereocenters. The Bertz CT molecular complexity index is 1370. The van der Waals surface area contributed by atoms with Gasteiger partial charge in [0, 0.05) is 18.8 Å². The molecule has 9 heteroatoms. The molecule has 2 aliphatic carbocycles.